The molecule has 59 heavy (non-hydrogen) atoms. The first-order chi connectivity index (χ1) is 29.2. The molecule has 1 aliphatic carbocycles. The Hall–Kier alpha value is -7.74. The van der Waals surface area contributed by atoms with Crippen molar-refractivity contribution < 1.29 is 0 Å². The normalized spacial score (nSPS) is 13.9. The Balaban J connectivity index is 1.09. The number of hydrogen-bond acceptors (Lipinski definition) is 2. The molecule has 0 saturated heterocycles. The largest absolute Gasteiger partial charge is 0.316 e. The van der Waals surface area contributed by atoms with Crippen molar-refractivity contribution in [3.05, 3.63) is 199 Å². The van der Waals surface area contributed by atoms with Gasteiger partial charge in [-0.25, -0.2) is 9.97 Å². The van der Waals surface area contributed by atoms with Crippen molar-refractivity contribution in [3.8, 4) is 46.4 Å². The number of terminal acetylenes is 1. The van der Waals surface area contributed by atoms with Crippen molar-refractivity contribution in [1.82, 2.24) is 19.1 Å². The summed E-state index contributed by atoms with van der Waals surface area (Å²) in [6, 6.07) is 56.4. The third-order valence-electron chi connectivity index (χ3n) is 11.8. The highest BCUT2D eigenvalue weighted by atomic mass is 15.0. The molecule has 11 rings (SSSR count). The lowest BCUT2D eigenvalue weighted by atomic mass is 9.91. The maximum absolute atomic E-state index is 5.65. The molecular formula is C55H38N4. The number of rotatable bonds is 6. The van der Waals surface area contributed by atoms with Crippen molar-refractivity contribution in [1.29, 1.82) is 0 Å². The highest BCUT2D eigenvalue weighted by molar-refractivity contribution is 6.19. The van der Waals surface area contributed by atoms with Crippen molar-refractivity contribution in [2.24, 2.45) is 0 Å². The van der Waals surface area contributed by atoms with Gasteiger partial charge >= 0.3 is 0 Å². The van der Waals surface area contributed by atoms with Crippen LogP contribution in [-0.4, -0.2) is 19.1 Å². The molecule has 4 nitrogen and oxygen atoms in total. The molecule has 0 saturated carbocycles. The Morgan fingerprint density at radius 1 is 0.627 bits per heavy atom. The van der Waals surface area contributed by atoms with Crippen LogP contribution >= 0.6 is 0 Å². The lowest BCUT2D eigenvalue weighted by Gasteiger charge is -2.14. The molecule has 0 atom stereocenters. The lowest BCUT2D eigenvalue weighted by Crippen LogP contribution is -1.97. The minimum atomic E-state index is 0.694. The summed E-state index contributed by atoms with van der Waals surface area (Å²) in [6.45, 7) is 0. The summed E-state index contributed by atoms with van der Waals surface area (Å²) in [5.41, 5.74) is 13.2. The van der Waals surface area contributed by atoms with Gasteiger partial charge in [-0.05, 0) is 120 Å². The van der Waals surface area contributed by atoms with E-state index in [1.165, 1.54) is 38.2 Å². The minimum Gasteiger partial charge on any atom is -0.316 e. The molecule has 3 aromatic heterocycles. The number of para-hydroxylation sites is 2. The van der Waals surface area contributed by atoms with Gasteiger partial charge in [-0.15, -0.1) is 6.42 Å². The molecule has 0 bridgehead atoms. The van der Waals surface area contributed by atoms with E-state index in [9.17, 15) is 0 Å². The Labute approximate surface area is 342 Å². The molecule has 0 N–H and O–H groups in total. The Bertz CT molecular complexity index is 3400. The summed E-state index contributed by atoms with van der Waals surface area (Å²) >= 11 is 0. The molecule has 7 aromatic carbocycles. The van der Waals surface area contributed by atoms with Crippen LogP contribution in [0.3, 0.4) is 0 Å². The van der Waals surface area contributed by atoms with Gasteiger partial charge in [-0.2, -0.15) is 0 Å². The molecule has 0 amide bonds. The zero-order valence-corrected chi connectivity index (χ0v) is 32.4. The first-order valence-electron chi connectivity index (χ1n) is 20.2. The van der Waals surface area contributed by atoms with E-state index in [4.69, 9.17) is 16.4 Å². The average Bonchev–Trinajstić information content (AvgIpc) is 3.89. The van der Waals surface area contributed by atoms with Gasteiger partial charge in [0.1, 0.15) is 0 Å². The van der Waals surface area contributed by atoms with E-state index >= 15 is 0 Å². The van der Waals surface area contributed by atoms with Gasteiger partial charge in [0.25, 0.3) is 0 Å². The summed E-state index contributed by atoms with van der Waals surface area (Å²) in [4.78, 5) is 10.5. The highest BCUT2D eigenvalue weighted by Gasteiger charge is 2.20. The van der Waals surface area contributed by atoms with E-state index in [0.29, 0.717) is 5.82 Å². The van der Waals surface area contributed by atoms with E-state index in [2.05, 4.69) is 191 Å². The summed E-state index contributed by atoms with van der Waals surface area (Å²) in [5, 5.41) is 6.97. The second-order valence-corrected chi connectivity index (χ2v) is 15.2. The molecule has 4 heteroatoms. The maximum atomic E-state index is 5.65. The van der Waals surface area contributed by atoms with Gasteiger partial charge in [-0.1, -0.05) is 115 Å². The topological polar surface area (TPSA) is 35.6 Å². The first-order valence-corrected chi connectivity index (χ1v) is 20.2. The predicted molar refractivity (Wildman–Crippen MR) is 247 cm³/mol. The third-order valence-corrected chi connectivity index (χ3v) is 11.8. The van der Waals surface area contributed by atoms with Crippen molar-refractivity contribution >= 4 is 60.0 Å². The van der Waals surface area contributed by atoms with Crippen LogP contribution in [0, 0.1) is 12.3 Å². The van der Waals surface area contributed by atoms with E-state index in [0.717, 1.165) is 80.3 Å². The van der Waals surface area contributed by atoms with Gasteiger partial charge in [0.05, 0.1) is 27.8 Å². The van der Waals surface area contributed by atoms with Crippen LogP contribution in [-0.2, 0) is 0 Å². The van der Waals surface area contributed by atoms with Gasteiger partial charge in [0, 0.05) is 50.2 Å². The standard InChI is InChI=1S/C55H38N4/c1-2-3-20-45(38-15-6-4-7-16-38)39-23-25-40(26-24-39)53-47-21-12-13-22-50(47)56-55(57-53)42-28-31-52-49(36-42)46-30-32-51-48(33-34-58(51)43-18-8-5-9-19-43)54(46)59(52)44-29-27-37-14-10-11-17-41(37)35-44/h1,3,5-6,8-15,17-36H,4,7,16H2/b20-3-,45-38+. The second kappa shape index (κ2) is 14.3. The Morgan fingerprint density at radius 2 is 1.42 bits per heavy atom. The molecular weight excluding hydrogens is 717 g/mol. The zero-order valence-electron chi connectivity index (χ0n) is 32.4. The fourth-order valence-electron chi connectivity index (χ4n) is 8.96. The van der Waals surface area contributed by atoms with Crippen molar-refractivity contribution in [2.45, 2.75) is 19.3 Å². The van der Waals surface area contributed by atoms with Crippen molar-refractivity contribution in [3.63, 3.8) is 0 Å². The Morgan fingerprint density at radius 3 is 2.27 bits per heavy atom. The summed E-state index contributed by atoms with van der Waals surface area (Å²) in [6.07, 6.45) is 19.5. The average molecular weight is 755 g/mol. The Kier molecular flexibility index (Phi) is 8.38. The van der Waals surface area contributed by atoms with E-state index in [1.807, 2.05) is 6.07 Å². The highest BCUT2D eigenvalue weighted by Crippen LogP contribution is 2.40. The molecule has 0 spiro atoms. The van der Waals surface area contributed by atoms with Gasteiger partial charge in [-0.3, -0.25) is 0 Å². The van der Waals surface area contributed by atoms with Gasteiger partial charge < -0.3 is 9.13 Å². The second-order valence-electron chi connectivity index (χ2n) is 15.2. The van der Waals surface area contributed by atoms with Gasteiger partial charge in [0.2, 0.25) is 0 Å². The molecule has 1 aliphatic rings. The van der Waals surface area contributed by atoms with E-state index < -0.39 is 0 Å². The minimum absolute atomic E-state index is 0.694. The van der Waals surface area contributed by atoms with Crippen LogP contribution in [0.5, 0.6) is 0 Å². The maximum Gasteiger partial charge on any atom is 0.160 e. The van der Waals surface area contributed by atoms with Crippen LogP contribution < -0.4 is 0 Å². The zero-order chi connectivity index (χ0) is 39.3. The monoisotopic (exact) mass is 754 g/mol. The van der Waals surface area contributed by atoms with Crippen LogP contribution in [0.25, 0.3) is 94.0 Å². The van der Waals surface area contributed by atoms with E-state index in [-0.39, 0.29) is 0 Å². The quantitative estimate of drug-likeness (QED) is 0.159. The van der Waals surface area contributed by atoms with Crippen LogP contribution in [0.4, 0.5) is 0 Å². The number of allylic oxidation sites excluding steroid dienone is 6. The molecule has 0 aliphatic heterocycles. The van der Waals surface area contributed by atoms with Crippen LogP contribution in [0.2, 0.25) is 0 Å². The number of hydrogen-bond donors (Lipinski definition) is 0. The molecule has 0 radical (unpaired) electrons. The summed E-state index contributed by atoms with van der Waals surface area (Å²) in [7, 11) is 0. The number of benzene rings is 7. The smallest absolute Gasteiger partial charge is 0.160 e. The number of fused-ring (bicyclic) bond motifs is 7. The third kappa shape index (κ3) is 5.95. The fraction of sp³-hybridized carbons (Fsp3) is 0.0545. The van der Waals surface area contributed by atoms with Crippen molar-refractivity contribution in [2.75, 3.05) is 0 Å². The summed E-state index contributed by atoms with van der Waals surface area (Å²) in [5.74, 6) is 3.37. The molecule has 3 heterocycles. The molecule has 0 unspecified atom stereocenters. The predicted octanol–water partition coefficient (Wildman–Crippen LogP) is 13.8. The summed E-state index contributed by atoms with van der Waals surface area (Å²) < 4.78 is 4.70. The van der Waals surface area contributed by atoms with Crippen LogP contribution in [0.15, 0.2) is 194 Å². The molecule has 278 valence electrons. The number of nitrogens with zero attached hydrogens (tertiary/aromatic N) is 4. The first kappa shape index (κ1) is 34.5. The van der Waals surface area contributed by atoms with Gasteiger partial charge in [0.15, 0.2) is 5.82 Å². The number of aromatic nitrogens is 4. The van der Waals surface area contributed by atoms with E-state index in [1.54, 1.807) is 6.08 Å². The fourth-order valence-corrected chi connectivity index (χ4v) is 8.96. The molecule has 0 fully saturated rings. The SMILES string of the molecule is C#C/C=C\C(=C1\C=CCCC1)c1ccc(-c2nc(-c3ccc4c(c3)c3ccc5c(ccn5-c5ccccc5)c3n4-c3ccc4ccccc4c3)nc3ccccc23)cc1. The molecule has 10 aromatic rings. The lowest BCUT2D eigenvalue weighted by molar-refractivity contribution is 0.823. The van der Waals surface area contributed by atoms with Crippen LogP contribution in [0.1, 0.15) is 24.8 Å².